The number of hydrogen-bond acceptors (Lipinski definition) is 5. The number of aromatic amines is 1. The van der Waals surface area contributed by atoms with E-state index in [4.69, 9.17) is 0 Å². The molecule has 148 valence electrons. The Balaban J connectivity index is 1.84. The molecule has 0 amide bonds. The molecule has 0 bridgehead atoms. The summed E-state index contributed by atoms with van der Waals surface area (Å²) in [6.07, 6.45) is 0. The molecule has 1 fully saturated rings. The molecule has 4 rings (SSSR count). The Morgan fingerprint density at radius 2 is 1.79 bits per heavy atom. The van der Waals surface area contributed by atoms with Gasteiger partial charge in [0, 0.05) is 33.2 Å². The number of likely N-dealkylation sites (N-methyl/N-ethyl adjacent to an activating group) is 1. The van der Waals surface area contributed by atoms with Crippen molar-refractivity contribution in [1.82, 2.24) is 24.0 Å². The zero-order valence-electron chi connectivity index (χ0n) is 16.0. The molecule has 3 aromatic rings. The molecule has 28 heavy (non-hydrogen) atoms. The number of aryl methyl sites for hydroxylation is 1. The van der Waals surface area contributed by atoms with Crippen molar-refractivity contribution in [2.75, 3.05) is 37.6 Å². The number of anilines is 1. The molecule has 0 spiro atoms. The van der Waals surface area contributed by atoms with Crippen molar-refractivity contribution < 1.29 is 4.39 Å². The Morgan fingerprint density at radius 1 is 1.11 bits per heavy atom. The normalized spacial score (nSPS) is 15.5. The second kappa shape index (κ2) is 7.23. The van der Waals surface area contributed by atoms with Crippen LogP contribution in [0.4, 0.5) is 10.3 Å². The Bertz CT molecular complexity index is 1110. The summed E-state index contributed by atoms with van der Waals surface area (Å²) in [5.41, 5.74) is 0.586. The van der Waals surface area contributed by atoms with Gasteiger partial charge in [0.2, 0.25) is 5.95 Å². The van der Waals surface area contributed by atoms with E-state index in [1.54, 1.807) is 19.2 Å². The van der Waals surface area contributed by atoms with Gasteiger partial charge in [-0.05, 0) is 24.2 Å². The number of fused-ring (bicyclic) bond motifs is 1. The van der Waals surface area contributed by atoms with Crippen molar-refractivity contribution in [3.05, 3.63) is 56.5 Å². The fraction of sp³-hybridized carbons (Fsp3) is 0.421. The van der Waals surface area contributed by atoms with E-state index in [2.05, 4.69) is 26.7 Å². The van der Waals surface area contributed by atoms with Crippen LogP contribution >= 0.6 is 0 Å². The number of imidazole rings is 1. The highest BCUT2D eigenvalue weighted by molar-refractivity contribution is 5.74. The van der Waals surface area contributed by atoms with E-state index < -0.39 is 11.2 Å². The molecule has 9 heteroatoms. The Labute approximate surface area is 160 Å². The van der Waals surface area contributed by atoms with E-state index in [9.17, 15) is 14.0 Å². The van der Waals surface area contributed by atoms with E-state index in [0.717, 1.165) is 38.3 Å². The summed E-state index contributed by atoms with van der Waals surface area (Å²) in [7, 11) is 1.59. The van der Waals surface area contributed by atoms with Crippen LogP contribution in [-0.4, -0.2) is 56.7 Å². The second-order valence-electron chi connectivity index (χ2n) is 7.04. The summed E-state index contributed by atoms with van der Waals surface area (Å²) in [5, 5.41) is 0. The number of H-pyrrole nitrogens is 1. The quantitative estimate of drug-likeness (QED) is 0.716. The van der Waals surface area contributed by atoms with Crippen LogP contribution in [0.15, 0.2) is 33.9 Å². The summed E-state index contributed by atoms with van der Waals surface area (Å²) in [6, 6.07) is 6.18. The average molecular weight is 386 g/mol. The molecule has 1 saturated heterocycles. The third-order valence-electron chi connectivity index (χ3n) is 5.34. The van der Waals surface area contributed by atoms with Gasteiger partial charge in [-0.1, -0.05) is 19.1 Å². The zero-order chi connectivity index (χ0) is 19.8. The second-order valence-corrected chi connectivity index (χ2v) is 7.04. The minimum atomic E-state index is -0.494. The third kappa shape index (κ3) is 3.22. The van der Waals surface area contributed by atoms with E-state index in [0.29, 0.717) is 23.7 Å². The largest absolute Gasteiger partial charge is 0.340 e. The van der Waals surface area contributed by atoms with Gasteiger partial charge in [0.1, 0.15) is 5.82 Å². The predicted molar refractivity (Wildman–Crippen MR) is 105 cm³/mol. The number of rotatable bonds is 4. The Hall–Kier alpha value is -2.94. The van der Waals surface area contributed by atoms with Crippen molar-refractivity contribution in [3.63, 3.8) is 0 Å². The van der Waals surface area contributed by atoms with Crippen LogP contribution in [0.2, 0.25) is 0 Å². The highest BCUT2D eigenvalue weighted by atomic mass is 19.1. The molecule has 0 aliphatic carbocycles. The van der Waals surface area contributed by atoms with Crippen molar-refractivity contribution in [2.24, 2.45) is 7.05 Å². The first-order valence-corrected chi connectivity index (χ1v) is 9.39. The number of nitrogens with one attached hydrogen (secondary N) is 1. The maximum Gasteiger partial charge on any atom is 0.329 e. The van der Waals surface area contributed by atoms with Gasteiger partial charge in [-0.25, -0.2) is 9.18 Å². The molecular formula is C19H23FN6O2. The molecule has 2 aromatic heterocycles. The summed E-state index contributed by atoms with van der Waals surface area (Å²) in [5.74, 6) is 0.345. The van der Waals surface area contributed by atoms with E-state index in [1.807, 2.05) is 4.57 Å². The summed E-state index contributed by atoms with van der Waals surface area (Å²) >= 11 is 0. The van der Waals surface area contributed by atoms with E-state index >= 15 is 0 Å². The number of aromatic nitrogens is 4. The Morgan fingerprint density at radius 3 is 2.43 bits per heavy atom. The number of hydrogen-bond donors (Lipinski definition) is 1. The first kappa shape index (κ1) is 18.4. The molecule has 1 aliphatic heterocycles. The van der Waals surface area contributed by atoms with Crippen LogP contribution in [0.1, 0.15) is 12.5 Å². The van der Waals surface area contributed by atoms with Gasteiger partial charge < -0.3 is 9.80 Å². The average Bonchev–Trinajstić information content (AvgIpc) is 3.08. The topological polar surface area (TPSA) is 79.2 Å². The maximum atomic E-state index is 13.3. The van der Waals surface area contributed by atoms with Crippen LogP contribution in [-0.2, 0) is 13.6 Å². The SMILES string of the molecule is CCN1CCN(c2nc3c(c(=O)[nH]c(=O)n3C)n2Cc2ccc(F)cc2)CC1. The first-order chi connectivity index (χ1) is 13.5. The maximum absolute atomic E-state index is 13.3. The predicted octanol–water partition coefficient (Wildman–Crippen LogP) is 0.753. The van der Waals surface area contributed by atoms with Crippen LogP contribution < -0.4 is 16.1 Å². The third-order valence-corrected chi connectivity index (χ3v) is 5.34. The van der Waals surface area contributed by atoms with Gasteiger partial charge in [-0.15, -0.1) is 0 Å². The van der Waals surface area contributed by atoms with Crippen LogP contribution in [0, 0.1) is 5.82 Å². The van der Waals surface area contributed by atoms with Gasteiger partial charge >= 0.3 is 5.69 Å². The van der Waals surface area contributed by atoms with E-state index in [1.165, 1.54) is 16.7 Å². The molecule has 0 atom stereocenters. The highest BCUT2D eigenvalue weighted by Gasteiger charge is 2.24. The summed E-state index contributed by atoms with van der Waals surface area (Å²) < 4.78 is 16.5. The molecular weight excluding hydrogens is 363 g/mol. The standard InChI is InChI=1S/C19H23FN6O2/c1-3-24-8-10-25(11-9-24)18-21-16-15(17(27)22-19(28)23(16)2)26(18)12-13-4-6-14(20)7-5-13/h4-7H,3,8-12H2,1-2H3,(H,22,27,28). The lowest BCUT2D eigenvalue weighted by atomic mass is 10.2. The fourth-order valence-corrected chi connectivity index (χ4v) is 3.65. The van der Waals surface area contributed by atoms with Gasteiger partial charge in [0.05, 0.1) is 6.54 Å². The van der Waals surface area contributed by atoms with Crippen molar-refractivity contribution >= 4 is 17.1 Å². The molecule has 0 saturated carbocycles. The molecule has 0 unspecified atom stereocenters. The van der Waals surface area contributed by atoms with Crippen LogP contribution in [0.25, 0.3) is 11.2 Å². The van der Waals surface area contributed by atoms with Crippen molar-refractivity contribution in [2.45, 2.75) is 13.5 Å². The first-order valence-electron chi connectivity index (χ1n) is 9.39. The zero-order valence-corrected chi connectivity index (χ0v) is 16.0. The van der Waals surface area contributed by atoms with Crippen LogP contribution in [0.5, 0.6) is 0 Å². The summed E-state index contributed by atoms with van der Waals surface area (Å²) in [6.45, 7) is 6.88. The molecule has 0 radical (unpaired) electrons. The molecule has 1 aliphatic rings. The Kier molecular flexibility index (Phi) is 4.76. The molecule has 8 nitrogen and oxygen atoms in total. The number of benzene rings is 1. The number of nitrogens with zero attached hydrogens (tertiary/aromatic N) is 5. The molecule has 3 heterocycles. The van der Waals surface area contributed by atoms with E-state index in [-0.39, 0.29) is 5.82 Å². The molecule has 1 N–H and O–H groups in total. The van der Waals surface area contributed by atoms with Gasteiger partial charge in [0.15, 0.2) is 11.2 Å². The number of piperazine rings is 1. The number of halogens is 1. The van der Waals surface area contributed by atoms with Crippen LogP contribution in [0.3, 0.4) is 0 Å². The smallest absolute Gasteiger partial charge is 0.329 e. The van der Waals surface area contributed by atoms with Gasteiger partial charge in [-0.3, -0.25) is 18.9 Å². The van der Waals surface area contributed by atoms with Gasteiger partial charge in [-0.2, -0.15) is 4.98 Å². The fourth-order valence-electron chi connectivity index (χ4n) is 3.65. The lowest BCUT2D eigenvalue weighted by Gasteiger charge is -2.34. The highest BCUT2D eigenvalue weighted by Crippen LogP contribution is 2.22. The van der Waals surface area contributed by atoms with Crippen molar-refractivity contribution in [1.29, 1.82) is 0 Å². The lowest BCUT2D eigenvalue weighted by Crippen LogP contribution is -2.47. The lowest BCUT2D eigenvalue weighted by molar-refractivity contribution is 0.269. The summed E-state index contributed by atoms with van der Waals surface area (Å²) in [4.78, 5) is 36.1. The molecule has 1 aromatic carbocycles. The monoisotopic (exact) mass is 386 g/mol. The van der Waals surface area contributed by atoms with Crippen molar-refractivity contribution in [3.8, 4) is 0 Å². The minimum absolute atomic E-state index is 0.310. The minimum Gasteiger partial charge on any atom is -0.340 e. The van der Waals surface area contributed by atoms with Gasteiger partial charge in [0.25, 0.3) is 5.56 Å².